The predicted octanol–water partition coefficient (Wildman–Crippen LogP) is 1.73. The van der Waals surface area contributed by atoms with Gasteiger partial charge in [-0.3, -0.25) is 9.59 Å². The quantitative estimate of drug-likeness (QED) is 0.364. The van der Waals surface area contributed by atoms with E-state index in [9.17, 15) is 14.7 Å². The van der Waals surface area contributed by atoms with Gasteiger partial charge in [-0.2, -0.15) is 0 Å². The van der Waals surface area contributed by atoms with Crippen molar-refractivity contribution >= 4 is 17.6 Å². The third-order valence-corrected chi connectivity index (χ3v) is 7.78. The van der Waals surface area contributed by atoms with Crippen molar-refractivity contribution in [2.75, 3.05) is 31.1 Å². The fraction of sp³-hybridized carbons (Fsp3) is 0.448. The van der Waals surface area contributed by atoms with Gasteiger partial charge in [0.1, 0.15) is 18.2 Å². The van der Waals surface area contributed by atoms with Crippen LogP contribution in [0.3, 0.4) is 0 Å². The first-order valence-electron chi connectivity index (χ1n) is 13.7. The normalized spacial score (nSPS) is 17.8. The molecule has 1 fully saturated rings. The van der Waals surface area contributed by atoms with E-state index in [0.717, 1.165) is 22.6 Å². The van der Waals surface area contributed by atoms with Crippen molar-refractivity contribution in [1.82, 2.24) is 20.2 Å². The van der Waals surface area contributed by atoms with E-state index in [1.54, 1.807) is 12.3 Å². The number of rotatable bonds is 9. The molecule has 4 heterocycles. The van der Waals surface area contributed by atoms with Crippen LogP contribution < -0.4 is 20.7 Å². The van der Waals surface area contributed by atoms with E-state index in [4.69, 9.17) is 14.9 Å². The van der Waals surface area contributed by atoms with Gasteiger partial charge in [0.15, 0.2) is 12.2 Å². The maximum Gasteiger partial charge on any atom is 0.249 e. The molecule has 1 aromatic carbocycles. The molecule has 40 heavy (non-hydrogen) atoms. The van der Waals surface area contributed by atoms with Crippen LogP contribution in [0.25, 0.3) is 0 Å². The van der Waals surface area contributed by atoms with Gasteiger partial charge in [0.05, 0.1) is 11.8 Å². The minimum atomic E-state index is -0.743. The number of nitrogens with zero attached hydrogens (tertiary/aromatic N) is 4. The topological polar surface area (TPSA) is 147 Å². The number of aliphatic hydroxyl groups excluding tert-OH is 1. The average molecular weight is 549 g/mol. The van der Waals surface area contributed by atoms with Crippen LogP contribution >= 0.6 is 0 Å². The predicted molar refractivity (Wildman–Crippen MR) is 148 cm³/mol. The molecular formula is C29H36N6O5. The van der Waals surface area contributed by atoms with Crippen molar-refractivity contribution < 1.29 is 23.8 Å². The molecule has 0 aliphatic carbocycles. The largest absolute Gasteiger partial charge is 0.486 e. The minimum Gasteiger partial charge on any atom is -0.486 e. The van der Waals surface area contributed by atoms with E-state index in [1.165, 1.54) is 6.39 Å². The molecule has 0 saturated carbocycles. The number of fused-ring (bicyclic) bond motifs is 1. The molecule has 2 aliphatic rings. The van der Waals surface area contributed by atoms with Crippen LogP contribution in [0.2, 0.25) is 0 Å². The zero-order chi connectivity index (χ0) is 28.2. The Kier molecular flexibility index (Phi) is 8.32. The first kappa shape index (κ1) is 27.6. The van der Waals surface area contributed by atoms with Crippen molar-refractivity contribution in [3.8, 4) is 5.75 Å². The monoisotopic (exact) mass is 548 g/mol. The van der Waals surface area contributed by atoms with Gasteiger partial charge in [-0.05, 0) is 48.2 Å². The van der Waals surface area contributed by atoms with Crippen LogP contribution in [0.5, 0.6) is 5.75 Å². The summed E-state index contributed by atoms with van der Waals surface area (Å²) in [5.41, 5.74) is 9.76. The highest BCUT2D eigenvalue weighted by Crippen LogP contribution is 2.26. The van der Waals surface area contributed by atoms with Crippen LogP contribution in [0.15, 0.2) is 41.3 Å². The van der Waals surface area contributed by atoms with E-state index < -0.39 is 12.0 Å². The second-order valence-corrected chi connectivity index (χ2v) is 10.3. The fourth-order valence-corrected chi connectivity index (χ4v) is 5.31. The third-order valence-electron chi connectivity index (χ3n) is 7.78. The summed E-state index contributed by atoms with van der Waals surface area (Å²) in [6.07, 6.45) is 3.67. The van der Waals surface area contributed by atoms with Gasteiger partial charge < -0.3 is 35.1 Å². The van der Waals surface area contributed by atoms with Gasteiger partial charge in [-0.25, -0.2) is 9.97 Å². The molecular weight excluding hydrogens is 512 g/mol. The number of ether oxygens (including phenoxy) is 1. The van der Waals surface area contributed by atoms with Crippen LogP contribution in [-0.2, 0) is 30.8 Å². The summed E-state index contributed by atoms with van der Waals surface area (Å²) in [5, 5.41) is 14.5. The third kappa shape index (κ3) is 6.10. The second-order valence-electron chi connectivity index (χ2n) is 10.3. The molecule has 0 unspecified atom stereocenters. The maximum atomic E-state index is 12.3. The highest BCUT2D eigenvalue weighted by molar-refractivity contribution is 5.95. The smallest absolute Gasteiger partial charge is 0.249 e. The molecule has 11 nitrogen and oxygen atoms in total. The number of amides is 2. The zero-order valence-corrected chi connectivity index (χ0v) is 22.9. The van der Waals surface area contributed by atoms with E-state index in [-0.39, 0.29) is 18.4 Å². The van der Waals surface area contributed by atoms with Crippen molar-refractivity contribution in [1.29, 1.82) is 0 Å². The molecule has 1 saturated heterocycles. The highest BCUT2D eigenvalue weighted by Gasteiger charge is 2.27. The molecule has 5 rings (SSSR count). The number of hydrogen-bond donors (Lipinski definition) is 3. The standard InChI is InChI=1S/C29H36N6O5/c1-3-28(37)35-8-6-34(7-9-35)27-13-23(29(30)38)21(15-32-27)12-25(36)24-11-19-4-5-22(10-20(19)14-31-24)39-16-26-18(2)33-17-40-26/h4-5,10,13,15,17,24-25,31,36H,3,6-9,11-12,14,16H2,1-2H3,(H2,30,38)/t24-,25+/m0/s1. The number of pyridine rings is 1. The molecule has 2 aliphatic heterocycles. The number of aryl methyl sites for hydroxylation is 1. The van der Waals surface area contributed by atoms with Crippen LogP contribution in [0, 0.1) is 6.92 Å². The molecule has 11 heteroatoms. The van der Waals surface area contributed by atoms with Crippen molar-refractivity contribution in [3.63, 3.8) is 0 Å². The number of carbonyl (C=O) groups excluding carboxylic acids is 2. The van der Waals surface area contributed by atoms with Crippen LogP contribution in [-0.4, -0.2) is 70.1 Å². The number of hydrogen-bond acceptors (Lipinski definition) is 9. The summed E-state index contributed by atoms with van der Waals surface area (Å²) in [7, 11) is 0. The molecule has 0 radical (unpaired) electrons. The Hall–Kier alpha value is -3.96. The Bertz CT molecular complexity index is 1370. The number of aromatic nitrogens is 2. The number of oxazole rings is 1. The first-order valence-corrected chi connectivity index (χ1v) is 13.7. The lowest BCUT2D eigenvalue weighted by Crippen LogP contribution is -2.49. The maximum absolute atomic E-state index is 12.3. The summed E-state index contributed by atoms with van der Waals surface area (Å²) in [6.45, 7) is 7.13. The zero-order valence-electron chi connectivity index (χ0n) is 22.9. The van der Waals surface area contributed by atoms with E-state index in [0.29, 0.717) is 74.9 Å². The number of nitrogens with two attached hydrogens (primary N) is 1. The van der Waals surface area contributed by atoms with Crippen molar-refractivity contribution in [3.05, 3.63) is 70.6 Å². The number of benzene rings is 1. The van der Waals surface area contributed by atoms with Gasteiger partial charge in [-0.1, -0.05) is 13.0 Å². The number of nitrogens with one attached hydrogen (secondary N) is 1. The molecule has 0 spiro atoms. The number of carbonyl (C=O) groups is 2. The van der Waals surface area contributed by atoms with Gasteiger partial charge >= 0.3 is 0 Å². The van der Waals surface area contributed by atoms with Crippen LogP contribution in [0.1, 0.15) is 51.8 Å². The molecule has 4 N–H and O–H groups in total. The summed E-state index contributed by atoms with van der Waals surface area (Å²) in [6, 6.07) is 7.46. The molecule has 2 amide bonds. The lowest BCUT2D eigenvalue weighted by atomic mass is 9.90. The highest BCUT2D eigenvalue weighted by atomic mass is 16.5. The van der Waals surface area contributed by atoms with E-state index in [2.05, 4.69) is 20.2 Å². The van der Waals surface area contributed by atoms with Crippen molar-refractivity contribution in [2.24, 2.45) is 5.73 Å². The Morgan fingerprint density at radius 3 is 2.70 bits per heavy atom. The Morgan fingerprint density at radius 2 is 2.00 bits per heavy atom. The Morgan fingerprint density at radius 1 is 1.20 bits per heavy atom. The van der Waals surface area contributed by atoms with Gasteiger partial charge in [-0.15, -0.1) is 0 Å². The van der Waals surface area contributed by atoms with Crippen molar-refractivity contribution in [2.45, 2.75) is 58.4 Å². The van der Waals surface area contributed by atoms with Gasteiger partial charge in [0.25, 0.3) is 0 Å². The second kappa shape index (κ2) is 12.1. The lowest BCUT2D eigenvalue weighted by Gasteiger charge is -2.35. The van der Waals surface area contributed by atoms with Gasteiger partial charge in [0, 0.05) is 63.4 Å². The summed E-state index contributed by atoms with van der Waals surface area (Å²) in [5.74, 6) is 1.67. The molecule has 212 valence electrons. The Labute approximate surface area is 233 Å². The number of aliphatic hydroxyl groups is 1. The van der Waals surface area contributed by atoms with Gasteiger partial charge in [0.2, 0.25) is 11.8 Å². The minimum absolute atomic E-state index is 0.139. The average Bonchev–Trinajstić information content (AvgIpc) is 3.39. The SMILES string of the molecule is CCC(=O)N1CCN(c2cc(C(N)=O)c(C[C@@H](O)[C@@H]3Cc4ccc(OCc5ocnc5C)cc4CN3)cn2)CC1. The first-order chi connectivity index (χ1) is 19.3. The van der Waals surface area contributed by atoms with Crippen LogP contribution in [0.4, 0.5) is 5.82 Å². The number of primary amides is 1. The molecule has 2 atom stereocenters. The van der Waals surface area contributed by atoms with E-state index >= 15 is 0 Å². The Balaban J connectivity index is 1.21. The fourth-order valence-electron chi connectivity index (χ4n) is 5.31. The molecule has 2 aromatic heterocycles. The summed E-state index contributed by atoms with van der Waals surface area (Å²) < 4.78 is 11.2. The number of anilines is 1. The summed E-state index contributed by atoms with van der Waals surface area (Å²) >= 11 is 0. The number of piperazine rings is 1. The lowest BCUT2D eigenvalue weighted by molar-refractivity contribution is -0.131. The summed E-state index contributed by atoms with van der Waals surface area (Å²) in [4.78, 5) is 36.9. The molecule has 3 aromatic rings. The van der Waals surface area contributed by atoms with E-state index in [1.807, 2.05) is 36.9 Å². The molecule has 0 bridgehead atoms.